The SMILES string of the molecule is NCCc1ncc(-c2ccc3c(c2)CCCO3)[nH]1. The lowest BCUT2D eigenvalue weighted by molar-refractivity contribution is 0.288. The Labute approximate surface area is 106 Å². The molecule has 2 heterocycles. The van der Waals surface area contributed by atoms with E-state index in [0.29, 0.717) is 6.54 Å². The third kappa shape index (κ3) is 2.11. The summed E-state index contributed by atoms with van der Waals surface area (Å²) >= 11 is 0. The van der Waals surface area contributed by atoms with Gasteiger partial charge in [0.25, 0.3) is 0 Å². The van der Waals surface area contributed by atoms with E-state index in [-0.39, 0.29) is 0 Å². The van der Waals surface area contributed by atoms with Crippen LogP contribution in [-0.2, 0) is 12.8 Å². The topological polar surface area (TPSA) is 63.9 Å². The molecule has 0 spiro atoms. The van der Waals surface area contributed by atoms with E-state index in [1.54, 1.807) is 0 Å². The molecule has 18 heavy (non-hydrogen) atoms. The Morgan fingerprint density at radius 2 is 2.33 bits per heavy atom. The van der Waals surface area contributed by atoms with Gasteiger partial charge in [-0.15, -0.1) is 0 Å². The van der Waals surface area contributed by atoms with E-state index in [9.17, 15) is 0 Å². The van der Waals surface area contributed by atoms with Gasteiger partial charge >= 0.3 is 0 Å². The lowest BCUT2D eigenvalue weighted by Crippen LogP contribution is -2.08. The Hall–Kier alpha value is -1.81. The average molecular weight is 243 g/mol. The number of aromatic nitrogens is 2. The zero-order chi connectivity index (χ0) is 12.4. The van der Waals surface area contributed by atoms with E-state index in [1.165, 1.54) is 5.56 Å². The lowest BCUT2D eigenvalue weighted by Gasteiger charge is -2.17. The standard InChI is InChI=1S/C14H17N3O/c15-6-5-14-16-9-12(17-14)10-3-4-13-11(8-10)2-1-7-18-13/h3-4,8-9H,1-2,5-7,15H2,(H,16,17). The molecule has 0 radical (unpaired) electrons. The summed E-state index contributed by atoms with van der Waals surface area (Å²) in [5, 5.41) is 0. The van der Waals surface area contributed by atoms with E-state index in [4.69, 9.17) is 10.5 Å². The molecule has 1 aromatic carbocycles. The molecule has 0 saturated heterocycles. The first-order valence-electron chi connectivity index (χ1n) is 6.37. The highest BCUT2D eigenvalue weighted by molar-refractivity contribution is 5.62. The molecule has 0 amide bonds. The van der Waals surface area contributed by atoms with Crippen molar-refractivity contribution >= 4 is 0 Å². The number of fused-ring (bicyclic) bond motifs is 1. The van der Waals surface area contributed by atoms with Crippen molar-refractivity contribution in [3.63, 3.8) is 0 Å². The molecule has 0 saturated carbocycles. The molecule has 3 rings (SSSR count). The largest absolute Gasteiger partial charge is 0.493 e. The maximum atomic E-state index is 5.62. The van der Waals surface area contributed by atoms with Crippen LogP contribution in [0.2, 0.25) is 0 Å². The van der Waals surface area contributed by atoms with Crippen molar-refractivity contribution in [1.29, 1.82) is 0 Å². The number of nitrogens with one attached hydrogen (secondary N) is 1. The average Bonchev–Trinajstić information content (AvgIpc) is 2.87. The predicted molar refractivity (Wildman–Crippen MR) is 70.6 cm³/mol. The van der Waals surface area contributed by atoms with Crippen molar-refractivity contribution in [1.82, 2.24) is 9.97 Å². The number of nitrogens with two attached hydrogens (primary N) is 1. The molecule has 1 aliphatic heterocycles. The second-order valence-corrected chi connectivity index (χ2v) is 4.56. The summed E-state index contributed by atoms with van der Waals surface area (Å²) in [4.78, 5) is 7.63. The van der Waals surface area contributed by atoms with Crippen LogP contribution in [0, 0.1) is 0 Å². The van der Waals surface area contributed by atoms with Crippen LogP contribution in [-0.4, -0.2) is 23.1 Å². The van der Waals surface area contributed by atoms with Crippen LogP contribution >= 0.6 is 0 Å². The summed E-state index contributed by atoms with van der Waals surface area (Å²) in [6.07, 6.45) is 4.84. The second-order valence-electron chi connectivity index (χ2n) is 4.56. The van der Waals surface area contributed by atoms with Crippen molar-refractivity contribution in [2.75, 3.05) is 13.2 Å². The van der Waals surface area contributed by atoms with Gasteiger partial charge < -0.3 is 15.5 Å². The Morgan fingerprint density at radius 3 is 3.22 bits per heavy atom. The molecule has 0 aliphatic carbocycles. The van der Waals surface area contributed by atoms with Gasteiger partial charge in [-0.1, -0.05) is 0 Å². The number of ether oxygens (including phenoxy) is 1. The number of aromatic amines is 1. The van der Waals surface area contributed by atoms with Crippen molar-refractivity contribution in [3.8, 4) is 17.0 Å². The van der Waals surface area contributed by atoms with Crippen LogP contribution in [0.3, 0.4) is 0 Å². The zero-order valence-corrected chi connectivity index (χ0v) is 10.3. The summed E-state index contributed by atoms with van der Waals surface area (Å²) in [7, 11) is 0. The van der Waals surface area contributed by atoms with Crippen molar-refractivity contribution in [2.24, 2.45) is 5.73 Å². The van der Waals surface area contributed by atoms with Crippen molar-refractivity contribution in [3.05, 3.63) is 35.8 Å². The van der Waals surface area contributed by atoms with Gasteiger partial charge in [-0.25, -0.2) is 4.98 Å². The van der Waals surface area contributed by atoms with Gasteiger partial charge in [0.15, 0.2) is 0 Å². The third-order valence-electron chi connectivity index (χ3n) is 3.23. The Kier molecular flexibility index (Phi) is 3.02. The monoisotopic (exact) mass is 243 g/mol. The van der Waals surface area contributed by atoms with Crippen LogP contribution in [0.5, 0.6) is 5.75 Å². The van der Waals surface area contributed by atoms with Gasteiger partial charge in [-0.05, 0) is 43.1 Å². The highest BCUT2D eigenvalue weighted by Crippen LogP contribution is 2.29. The minimum atomic E-state index is 0.616. The fraction of sp³-hybridized carbons (Fsp3) is 0.357. The molecule has 4 heteroatoms. The molecule has 0 unspecified atom stereocenters. The van der Waals surface area contributed by atoms with Gasteiger partial charge in [0.1, 0.15) is 11.6 Å². The van der Waals surface area contributed by atoms with E-state index in [2.05, 4.69) is 22.1 Å². The van der Waals surface area contributed by atoms with Crippen LogP contribution in [0.15, 0.2) is 24.4 Å². The number of benzene rings is 1. The van der Waals surface area contributed by atoms with Crippen LogP contribution in [0.1, 0.15) is 17.8 Å². The molecule has 1 aromatic heterocycles. The molecule has 3 N–H and O–H groups in total. The van der Waals surface area contributed by atoms with Crippen LogP contribution in [0.25, 0.3) is 11.3 Å². The Bertz CT molecular complexity index is 548. The van der Waals surface area contributed by atoms with Gasteiger partial charge in [0.05, 0.1) is 18.5 Å². The van der Waals surface area contributed by atoms with Crippen LogP contribution < -0.4 is 10.5 Å². The summed E-state index contributed by atoms with van der Waals surface area (Å²) < 4.78 is 5.62. The first kappa shape index (κ1) is 11.3. The third-order valence-corrected chi connectivity index (χ3v) is 3.23. The Morgan fingerprint density at radius 1 is 1.39 bits per heavy atom. The second kappa shape index (κ2) is 4.82. The number of nitrogens with zero attached hydrogens (tertiary/aromatic N) is 1. The number of hydrogen-bond donors (Lipinski definition) is 2. The highest BCUT2D eigenvalue weighted by atomic mass is 16.5. The first-order valence-corrected chi connectivity index (χ1v) is 6.37. The minimum Gasteiger partial charge on any atom is -0.493 e. The number of rotatable bonds is 3. The van der Waals surface area contributed by atoms with E-state index >= 15 is 0 Å². The van der Waals surface area contributed by atoms with Crippen molar-refractivity contribution in [2.45, 2.75) is 19.3 Å². The maximum absolute atomic E-state index is 5.62. The number of hydrogen-bond acceptors (Lipinski definition) is 3. The summed E-state index contributed by atoms with van der Waals surface area (Å²) in [6.45, 7) is 1.45. The molecular formula is C14H17N3O. The summed E-state index contributed by atoms with van der Waals surface area (Å²) in [6, 6.07) is 6.31. The van der Waals surface area contributed by atoms with Gasteiger partial charge in [-0.2, -0.15) is 0 Å². The first-order chi connectivity index (χ1) is 8.86. The fourth-order valence-corrected chi connectivity index (χ4v) is 2.30. The predicted octanol–water partition coefficient (Wildman–Crippen LogP) is 1.90. The molecule has 1 aliphatic rings. The number of aryl methyl sites for hydroxylation is 1. The molecule has 94 valence electrons. The molecule has 0 bridgehead atoms. The molecule has 4 nitrogen and oxygen atoms in total. The van der Waals surface area contributed by atoms with E-state index < -0.39 is 0 Å². The number of imidazole rings is 1. The molecule has 2 aromatic rings. The fourth-order valence-electron chi connectivity index (χ4n) is 2.30. The summed E-state index contributed by atoms with van der Waals surface area (Å²) in [5.74, 6) is 1.97. The molecule has 0 atom stereocenters. The van der Waals surface area contributed by atoms with Gasteiger partial charge in [-0.3, -0.25) is 0 Å². The quantitative estimate of drug-likeness (QED) is 0.865. The zero-order valence-electron chi connectivity index (χ0n) is 10.3. The maximum Gasteiger partial charge on any atom is 0.122 e. The molecule has 0 fully saturated rings. The highest BCUT2D eigenvalue weighted by Gasteiger charge is 2.12. The smallest absolute Gasteiger partial charge is 0.122 e. The van der Waals surface area contributed by atoms with E-state index in [0.717, 1.165) is 48.7 Å². The van der Waals surface area contributed by atoms with Crippen molar-refractivity contribution < 1.29 is 4.74 Å². The van der Waals surface area contributed by atoms with E-state index in [1.807, 2.05) is 12.3 Å². The molecular weight excluding hydrogens is 226 g/mol. The normalized spacial score (nSPS) is 14.1. The van der Waals surface area contributed by atoms with Gasteiger partial charge in [0, 0.05) is 12.0 Å². The Balaban J connectivity index is 1.91. The minimum absolute atomic E-state index is 0.616. The van der Waals surface area contributed by atoms with Gasteiger partial charge in [0.2, 0.25) is 0 Å². The lowest BCUT2D eigenvalue weighted by atomic mass is 10.0. The summed E-state index contributed by atoms with van der Waals surface area (Å²) in [5.41, 5.74) is 9.02. The number of H-pyrrole nitrogens is 1. The van der Waals surface area contributed by atoms with Crippen LogP contribution in [0.4, 0.5) is 0 Å².